The Hall–Kier alpha value is -1.26. The normalized spacial score (nSPS) is 10.9. The minimum Gasteiger partial charge on any atom is -0.506 e. The van der Waals surface area contributed by atoms with Gasteiger partial charge >= 0.3 is 0 Å². The Morgan fingerprint density at radius 3 is 3.00 bits per heavy atom. The quantitative estimate of drug-likeness (QED) is 0.661. The van der Waals surface area contributed by atoms with Crippen LogP contribution in [-0.2, 0) is 6.54 Å². The molecule has 14 heavy (non-hydrogen) atoms. The van der Waals surface area contributed by atoms with Crippen LogP contribution in [0.3, 0.4) is 0 Å². The number of nitrogen functional groups attached to an aromatic ring is 1. The molecule has 3 nitrogen and oxygen atoms in total. The summed E-state index contributed by atoms with van der Waals surface area (Å²) in [6.45, 7) is 0.686. The summed E-state index contributed by atoms with van der Waals surface area (Å²) in [7, 11) is 1.86. The van der Waals surface area contributed by atoms with E-state index in [-0.39, 0.29) is 0 Å². The minimum atomic E-state index is 0.353. The molecule has 1 heterocycles. The lowest BCUT2D eigenvalue weighted by Gasteiger charge is -1.95. The van der Waals surface area contributed by atoms with Crippen LogP contribution in [0.25, 0.3) is 10.1 Å². The predicted octanol–water partition coefficient (Wildman–Crippen LogP) is 1.91. The molecule has 0 unspecified atom stereocenters. The molecule has 0 amide bonds. The predicted molar refractivity (Wildman–Crippen MR) is 60.7 cm³/mol. The van der Waals surface area contributed by atoms with Gasteiger partial charge in [0.05, 0.1) is 4.88 Å². The number of anilines is 1. The number of fused-ring (bicyclic) bond motifs is 1. The van der Waals surface area contributed by atoms with Gasteiger partial charge in [-0.3, -0.25) is 0 Å². The number of hydrogen-bond donors (Lipinski definition) is 3. The molecule has 2 aromatic rings. The molecule has 0 aliphatic heterocycles. The van der Waals surface area contributed by atoms with E-state index in [0.717, 1.165) is 15.0 Å². The summed E-state index contributed by atoms with van der Waals surface area (Å²) in [4.78, 5) is 0.952. The zero-order chi connectivity index (χ0) is 10.1. The van der Waals surface area contributed by atoms with E-state index >= 15 is 0 Å². The van der Waals surface area contributed by atoms with E-state index in [2.05, 4.69) is 5.32 Å². The van der Waals surface area contributed by atoms with Crippen LogP contribution in [0.15, 0.2) is 18.2 Å². The van der Waals surface area contributed by atoms with Crippen molar-refractivity contribution in [3.63, 3.8) is 0 Å². The summed E-state index contributed by atoms with van der Waals surface area (Å²) in [5, 5.41) is 13.7. The van der Waals surface area contributed by atoms with E-state index in [1.54, 1.807) is 17.4 Å². The van der Waals surface area contributed by atoms with Crippen molar-refractivity contribution in [2.75, 3.05) is 12.8 Å². The lowest BCUT2D eigenvalue weighted by molar-refractivity contribution is 0.476. The van der Waals surface area contributed by atoms with Crippen molar-refractivity contribution in [3.05, 3.63) is 23.1 Å². The van der Waals surface area contributed by atoms with Crippen LogP contribution < -0.4 is 11.1 Å². The number of rotatable bonds is 2. The molecule has 1 aromatic carbocycles. The van der Waals surface area contributed by atoms with Gasteiger partial charge in [-0.15, -0.1) is 11.3 Å². The largest absolute Gasteiger partial charge is 0.506 e. The molecular formula is C10H12N2OS. The Morgan fingerprint density at radius 1 is 1.50 bits per heavy atom. The van der Waals surface area contributed by atoms with Gasteiger partial charge in [-0.1, -0.05) is 0 Å². The molecule has 0 radical (unpaired) electrons. The first-order chi connectivity index (χ1) is 6.72. The van der Waals surface area contributed by atoms with Gasteiger partial charge < -0.3 is 16.2 Å². The van der Waals surface area contributed by atoms with E-state index in [4.69, 9.17) is 5.73 Å². The maximum atomic E-state index is 9.86. The Bertz CT molecular complexity index is 464. The number of aromatic hydroxyl groups is 1. The molecule has 2 rings (SSSR count). The van der Waals surface area contributed by atoms with E-state index in [1.807, 2.05) is 19.2 Å². The molecule has 4 N–H and O–H groups in total. The van der Waals surface area contributed by atoms with Gasteiger partial charge in [0.1, 0.15) is 5.75 Å². The highest BCUT2D eigenvalue weighted by atomic mass is 32.1. The van der Waals surface area contributed by atoms with Crippen molar-refractivity contribution in [2.24, 2.45) is 0 Å². The summed E-state index contributed by atoms with van der Waals surface area (Å²) in [5.41, 5.74) is 6.34. The molecule has 1 aromatic heterocycles. The highest BCUT2D eigenvalue weighted by Gasteiger charge is 2.09. The van der Waals surface area contributed by atoms with Crippen molar-refractivity contribution in [2.45, 2.75) is 6.54 Å². The molecule has 0 aliphatic rings. The van der Waals surface area contributed by atoms with Gasteiger partial charge in [-0.2, -0.15) is 0 Å². The fourth-order valence-corrected chi connectivity index (χ4v) is 2.52. The Kier molecular flexibility index (Phi) is 2.31. The Morgan fingerprint density at radius 2 is 2.29 bits per heavy atom. The first-order valence-corrected chi connectivity index (χ1v) is 5.18. The average molecular weight is 208 g/mol. The van der Waals surface area contributed by atoms with Crippen LogP contribution in [0.2, 0.25) is 0 Å². The monoisotopic (exact) mass is 208 g/mol. The molecule has 0 fully saturated rings. The standard InChI is InChI=1S/C10H12N2OS/c1-12-5-9-10(13)7-4-6(11)2-3-8(7)14-9/h2-4,12-13H,5,11H2,1H3. The second-order valence-electron chi connectivity index (χ2n) is 3.16. The number of nitrogens with one attached hydrogen (secondary N) is 1. The van der Waals surface area contributed by atoms with E-state index < -0.39 is 0 Å². The third-order valence-corrected chi connectivity index (χ3v) is 3.25. The summed E-state index contributed by atoms with van der Waals surface area (Å²) in [6.07, 6.45) is 0. The van der Waals surface area contributed by atoms with E-state index in [9.17, 15) is 5.11 Å². The van der Waals surface area contributed by atoms with Gasteiger partial charge in [0.15, 0.2) is 0 Å². The number of thiophene rings is 1. The van der Waals surface area contributed by atoms with E-state index in [0.29, 0.717) is 18.0 Å². The maximum Gasteiger partial charge on any atom is 0.138 e. The lowest BCUT2D eigenvalue weighted by atomic mass is 10.2. The molecule has 74 valence electrons. The molecule has 4 heteroatoms. The second-order valence-corrected chi connectivity index (χ2v) is 4.30. The van der Waals surface area contributed by atoms with Crippen LogP contribution in [-0.4, -0.2) is 12.2 Å². The van der Waals surface area contributed by atoms with Crippen molar-refractivity contribution in [3.8, 4) is 5.75 Å². The van der Waals surface area contributed by atoms with Crippen molar-refractivity contribution < 1.29 is 5.11 Å². The summed E-state index contributed by atoms with van der Waals surface area (Å²) in [5.74, 6) is 0.353. The fraction of sp³-hybridized carbons (Fsp3) is 0.200. The highest BCUT2D eigenvalue weighted by Crippen LogP contribution is 2.37. The van der Waals surface area contributed by atoms with Gasteiger partial charge in [0, 0.05) is 22.3 Å². The van der Waals surface area contributed by atoms with Crippen LogP contribution in [0.4, 0.5) is 5.69 Å². The summed E-state index contributed by atoms with van der Waals surface area (Å²) >= 11 is 1.59. The molecule has 0 saturated heterocycles. The first-order valence-electron chi connectivity index (χ1n) is 4.37. The van der Waals surface area contributed by atoms with Gasteiger partial charge in [-0.25, -0.2) is 0 Å². The van der Waals surface area contributed by atoms with Crippen molar-refractivity contribution in [1.82, 2.24) is 5.32 Å². The maximum absolute atomic E-state index is 9.86. The zero-order valence-corrected chi connectivity index (χ0v) is 8.69. The first kappa shape index (κ1) is 9.30. The molecule has 0 aliphatic carbocycles. The third-order valence-electron chi connectivity index (χ3n) is 2.09. The van der Waals surface area contributed by atoms with Gasteiger partial charge in [0.25, 0.3) is 0 Å². The molecule has 0 spiro atoms. The second kappa shape index (κ2) is 3.48. The van der Waals surface area contributed by atoms with E-state index in [1.165, 1.54) is 0 Å². The molecule has 0 saturated carbocycles. The third kappa shape index (κ3) is 1.42. The van der Waals surface area contributed by atoms with Crippen LogP contribution in [0.1, 0.15) is 4.88 Å². The van der Waals surface area contributed by atoms with Gasteiger partial charge in [-0.05, 0) is 25.2 Å². The SMILES string of the molecule is CNCc1sc2ccc(N)cc2c1O. The summed E-state index contributed by atoms with van der Waals surface area (Å²) in [6, 6.07) is 5.59. The van der Waals surface area contributed by atoms with Crippen LogP contribution in [0, 0.1) is 0 Å². The average Bonchev–Trinajstić information content (AvgIpc) is 2.46. The minimum absolute atomic E-state index is 0.353. The summed E-state index contributed by atoms with van der Waals surface area (Å²) < 4.78 is 1.07. The lowest BCUT2D eigenvalue weighted by Crippen LogP contribution is -2.02. The fourth-order valence-electron chi connectivity index (χ4n) is 1.43. The smallest absolute Gasteiger partial charge is 0.138 e. The highest BCUT2D eigenvalue weighted by molar-refractivity contribution is 7.19. The Labute approximate surface area is 86.2 Å². The molecular weight excluding hydrogens is 196 g/mol. The number of hydrogen-bond acceptors (Lipinski definition) is 4. The zero-order valence-electron chi connectivity index (χ0n) is 7.87. The van der Waals surface area contributed by atoms with Crippen molar-refractivity contribution in [1.29, 1.82) is 0 Å². The number of benzene rings is 1. The number of nitrogens with two attached hydrogens (primary N) is 1. The Balaban J connectivity index is 2.62. The topological polar surface area (TPSA) is 58.3 Å². The molecule has 0 atom stereocenters. The van der Waals surface area contributed by atoms with Gasteiger partial charge in [0.2, 0.25) is 0 Å². The van der Waals surface area contributed by atoms with Crippen LogP contribution >= 0.6 is 11.3 Å². The molecule has 0 bridgehead atoms. The van der Waals surface area contributed by atoms with Crippen molar-refractivity contribution >= 4 is 27.1 Å². The van der Waals surface area contributed by atoms with Crippen LogP contribution in [0.5, 0.6) is 5.75 Å².